The molecule has 0 radical (unpaired) electrons. The smallest absolute Gasteiger partial charge is 0.279 e. The molecule has 5 nitrogen and oxygen atoms in total. The van der Waals surface area contributed by atoms with Gasteiger partial charge < -0.3 is 4.74 Å². The van der Waals surface area contributed by atoms with E-state index in [-0.39, 0.29) is 11.8 Å². The van der Waals surface area contributed by atoms with Gasteiger partial charge in [-0.1, -0.05) is 19.1 Å². The average molecular weight is 278 g/mol. The van der Waals surface area contributed by atoms with Crippen molar-refractivity contribution in [1.82, 2.24) is 10.9 Å². The van der Waals surface area contributed by atoms with Crippen LogP contribution in [0, 0.1) is 13.8 Å². The molecule has 0 heterocycles. The van der Waals surface area contributed by atoms with Crippen molar-refractivity contribution in [2.75, 3.05) is 0 Å². The van der Waals surface area contributed by atoms with Crippen molar-refractivity contribution in [2.45, 2.75) is 46.6 Å². The minimum Gasteiger partial charge on any atom is -0.481 e. The summed E-state index contributed by atoms with van der Waals surface area (Å²) in [7, 11) is 0. The highest BCUT2D eigenvalue weighted by atomic mass is 16.5. The van der Waals surface area contributed by atoms with Crippen molar-refractivity contribution in [3.8, 4) is 5.75 Å². The highest BCUT2D eigenvalue weighted by Gasteiger charge is 2.16. The molecule has 0 saturated heterocycles. The van der Waals surface area contributed by atoms with Crippen LogP contribution in [0.4, 0.5) is 0 Å². The molecular formula is C15H22N2O3. The number of rotatable bonds is 5. The van der Waals surface area contributed by atoms with Gasteiger partial charge in [-0.15, -0.1) is 0 Å². The SMILES string of the molecule is CCCC(=O)NNC(=O)C(C)Oc1cc(C)ccc1C. The van der Waals surface area contributed by atoms with Gasteiger partial charge in [-0.25, -0.2) is 0 Å². The van der Waals surface area contributed by atoms with Crippen LogP contribution in [0.15, 0.2) is 18.2 Å². The molecule has 2 N–H and O–H groups in total. The van der Waals surface area contributed by atoms with Gasteiger partial charge in [0.2, 0.25) is 5.91 Å². The third-order valence-electron chi connectivity index (χ3n) is 2.82. The number of hydrogen-bond donors (Lipinski definition) is 2. The van der Waals surface area contributed by atoms with Crippen LogP contribution in [0.2, 0.25) is 0 Å². The third-order valence-corrected chi connectivity index (χ3v) is 2.82. The van der Waals surface area contributed by atoms with Gasteiger partial charge in [-0.3, -0.25) is 20.4 Å². The lowest BCUT2D eigenvalue weighted by molar-refractivity contribution is -0.132. The van der Waals surface area contributed by atoms with Gasteiger partial charge in [0.1, 0.15) is 5.75 Å². The fourth-order valence-corrected chi connectivity index (χ4v) is 1.60. The van der Waals surface area contributed by atoms with Crippen LogP contribution in [0.1, 0.15) is 37.8 Å². The molecule has 0 aliphatic carbocycles. The number of hydrazine groups is 1. The van der Waals surface area contributed by atoms with E-state index in [0.29, 0.717) is 12.2 Å². The Hall–Kier alpha value is -2.04. The van der Waals surface area contributed by atoms with E-state index in [1.807, 2.05) is 39.0 Å². The quantitative estimate of drug-likeness (QED) is 0.810. The first-order valence-corrected chi connectivity index (χ1v) is 6.76. The maximum Gasteiger partial charge on any atom is 0.279 e. The van der Waals surface area contributed by atoms with E-state index in [2.05, 4.69) is 10.9 Å². The number of amides is 2. The second-order valence-electron chi connectivity index (χ2n) is 4.82. The predicted molar refractivity (Wildman–Crippen MR) is 77.2 cm³/mol. The van der Waals surface area contributed by atoms with Crippen LogP contribution in [-0.2, 0) is 9.59 Å². The van der Waals surface area contributed by atoms with Crippen LogP contribution < -0.4 is 15.6 Å². The Morgan fingerprint density at radius 3 is 2.60 bits per heavy atom. The van der Waals surface area contributed by atoms with Crippen LogP contribution in [-0.4, -0.2) is 17.9 Å². The van der Waals surface area contributed by atoms with Crippen LogP contribution in [0.5, 0.6) is 5.75 Å². The average Bonchev–Trinajstić information content (AvgIpc) is 2.40. The summed E-state index contributed by atoms with van der Waals surface area (Å²) in [6, 6.07) is 5.81. The van der Waals surface area contributed by atoms with Gasteiger partial charge >= 0.3 is 0 Å². The molecule has 1 unspecified atom stereocenters. The molecule has 0 bridgehead atoms. The van der Waals surface area contributed by atoms with Crippen molar-refractivity contribution in [1.29, 1.82) is 0 Å². The Morgan fingerprint density at radius 2 is 1.95 bits per heavy atom. The molecule has 1 atom stereocenters. The summed E-state index contributed by atoms with van der Waals surface area (Å²) in [6.45, 7) is 7.42. The Morgan fingerprint density at radius 1 is 1.25 bits per heavy atom. The lowest BCUT2D eigenvalue weighted by Crippen LogP contribution is -2.47. The Labute approximate surface area is 119 Å². The molecular weight excluding hydrogens is 256 g/mol. The van der Waals surface area contributed by atoms with Gasteiger partial charge in [-0.05, 0) is 44.4 Å². The number of ether oxygens (including phenoxy) is 1. The molecule has 0 saturated carbocycles. The van der Waals surface area contributed by atoms with E-state index in [1.54, 1.807) is 6.92 Å². The van der Waals surface area contributed by atoms with Crippen LogP contribution in [0.25, 0.3) is 0 Å². The van der Waals surface area contributed by atoms with Gasteiger partial charge in [-0.2, -0.15) is 0 Å². The molecule has 0 fully saturated rings. The molecule has 0 aromatic heterocycles. The Balaban J connectivity index is 2.53. The molecule has 2 amide bonds. The molecule has 1 aromatic rings. The number of nitrogens with one attached hydrogen (secondary N) is 2. The highest BCUT2D eigenvalue weighted by molar-refractivity contribution is 5.84. The fraction of sp³-hybridized carbons (Fsp3) is 0.467. The molecule has 0 aliphatic rings. The Bertz CT molecular complexity index is 486. The van der Waals surface area contributed by atoms with E-state index in [0.717, 1.165) is 17.5 Å². The molecule has 0 spiro atoms. The lowest BCUT2D eigenvalue weighted by Gasteiger charge is -2.17. The molecule has 110 valence electrons. The van der Waals surface area contributed by atoms with Crippen molar-refractivity contribution in [3.05, 3.63) is 29.3 Å². The van der Waals surface area contributed by atoms with Crippen LogP contribution >= 0.6 is 0 Å². The standard InChI is InChI=1S/C15H22N2O3/c1-5-6-14(18)16-17-15(19)12(4)20-13-9-10(2)7-8-11(13)3/h7-9,12H,5-6H2,1-4H3,(H,16,18)(H,17,19). The van der Waals surface area contributed by atoms with Gasteiger partial charge in [0.05, 0.1) is 0 Å². The summed E-state index contributed by atoms with van der Waals surface area (Å²) in [5.74, 6) is 0.0858. The molecule has 1 aromatic carbocycles. The second-order valence-corrected chi connectivity index (χ2v) is 4.82. The zero-order valence-electron chi connectivity index (χ0n) is 12.4. The first-order chi connectivity index (χ1) is 9.43. The third kappa shape index (κ3) is 4.91. The largest absolute Gasteiger partial charge is 0.481 e. The molecule has 0 aliphatic heterocycles. The van der Waals surface area contributed by atoms with E-state index < -0.39 is 6.10 Å². The zero-order valence-corrected chi connectivity index (χ0v) is 12.4. The van der Waals surface area contributed by atoms with Gasteiger partial charge in [0.15, 0.2) is 6.10 Å². The first kappa shape index (κ1) is 16.0. The first-order valence-electron chi connectivity index (χ1n) is 6.76. The summed E-state index contributed by atoms with van der Waals surface area (Å²) in [5.41, 5.74) is 6.74. The number of benzene rings is 1. The predicted octanol–water partition coefficient (Wildman–Crippen LogP) is 2.02. The summed E-state index contributed by atoms with van der Waals surface area (Å²) in [6.07, 6.45) is 0.431. The van der Waals surface area contributed by atoms with E-state index in [9.17, 15) is 9.59 Å². The molecule has 5 heteroatoms. The van der Waals surface area contributed by atoms with Gasteiger partial charge in [0.25, 0.3) is 5.91 Å². The normalized spacial score (nSPS) is 11.6. The number of hydrogen-bond acceptors (Lipinski definition) is 3. The number of carbonyl (C=O) groups is 2. The minimum absolute atomic E-state index is 0.209. The molecule has 1 rings (SSSR count). The van der Waals surface area contributed by atoms with Crippen molar-refractivity contribution >= 4 is 11.8 Å². The maximum absolute atomic E-state index is 11.8. The molecule has 20 heavy (non-hydrogen) atoms. The van der Waals surface area contributed by atoms with E-state index in [4.69, 9.17) is 4.74 Å². The highest BCUT2D eigenvalue weighted by Crippen LogP contribution is 2.20. The van der Waals surface area contributed by atoms with Crippen molar-refractivity contribution in [3.63, 3.8) is 0 Å². The Kier molecular flexibility index (Phi) is 6.03. The van der Waals surface area contributed by atoms with Gasteiger partial charge in [0, 0.05) is 6.42 Å². The fourth-order valence-electron chi connectivity index (χ4n) is 1.60. The van der Waals surface area contributed by atoms with E-state index in [1.165, 1.54) is 0 Å². The van der Waals surface area contributed by atoms with Crippen LogP contribution in [0.3, 0.4) is 0 Å². The topological polar surface area (TPSA) is 67.4 Å². The van der Waals surface area contributed by atoms with Crippen molar-refractivity contribution in [2.24, 2.45) is 0 Å². The second kappa shape index (κ2) is 7.53. The lowest BCUT2D eigenvalue weighted by atomic mass is 10.1. The monoisotopic (exact) mass is 278 g/mol. The minimum atomic E-state index is -0.683. The summed E-state index contributed by atoms with van der Waals surface area (Å²) < 4.78 is 5.62. The summed E-state index contributed by atoms with van der Waals surface area (Å²) in [5, 5.41) is 0. The summed E-state index contributed by atoms with van der Waals surface area (Å²) >= 11 is 0. The number of aryl methyl sites for hydroxylation is 2. The zero-order chi connectivity index (χ0) is 15.1. The maximum atomic E-state index is 11.8. The summed E-state index contributed by atoms with van der Waals surface area (Å²) in [4.78, 5) is 23.1. The number of carbonyl (C=O) groups excluding carboxylic acids is 2. The van der Waals surface area contributed by atoms with E-state index >= 15 is 0 Å². The van der Waals surface area contributed by atoms with Crippen molar-refractivity contribution < 1.29 is 14.3 Å².